The molecule has 0 amide bonds. The lowest BCUT2D eigenvalue weighted by atomic mass is 10.0. The molecule has 0 aliphatic carbocycles. The zero-order chi connectivity index (χ0) is 9.47. The summed E-state index contributed by atoms with van der Waals surface area (Å²) in [4.78, 5) is 5.62. The Morgan fingerprint density at radius 1 is 1.62 bits per heavy atom. The average Bonchev–Trinajstić information content (AvgIpc) is 2.36. The first-order chi connectivity index (χ1) is 6.09. The van der Waals surface area contributed by atoms with Crippen molar-refractivity contribution >= 4 is 11.3 Å². The van der Waals surface area contributed by atoms with Crippen molar-refractivity contribution in [2.45, 2.75) is 25.9 Å². The van der Waals surface area contributed by atoms with Crippen LogP contribution < -0.4 is 5.32 Å². The number of rotatable bonds is 0. The highest BCUT2D eigenvalue weighted by atomic mass is 32.1. The Kier molecular flexibility index (Phi) is 2.14. The topological polar surface area (TPSA) is 45.2 Å². The minimum absolute atomic E-state index is 0.600. The molecular weight excluding hydrogens is 184 g/mol. The molecule has 72 valence electrons. The van der Waals surface area contributed by atoms with E-state index in [-0.39, 0.29) is 0 Å². The predicted octanol–water partition coefficient (Wildman–Crippen LogP) is 0.805. The molecule has 0 aromatic carbocycles. The molecule has 0 saturated heterocycles. The van der Waals surface area contributed by atoms with Crippen molar-refractivity contribution in [3.8, 4) is 0 Å². The maximum atomic E-state index is 10.1. The van der Waals surface area contributed by atoms with Crippen molar-refractivity contribution in [2.75, 3.05) is 13.1 Å². The van der Waals surface area contributed by atoms with Crippen molar-refractivity contribution in [3.63, 3.8) is 0 Å². The van der Waals surface area contributed by atoms with E-state index in [0.717, 1.165) is 23.7 Å². The summed E-state index contributed by atoms with van der Waals surface area (Å²) in [6, 6.07) is 0. The van der Waals surface area contributed by atoms with Gasteiger partial charge in [-0.3, -0.25) is 0 Å². The van der Waals surface area contributed by atoms with Gasteiger partial charge in [0.2, 0.25) is 0 Å². The second kappa shape index (κ2) is 3.04. The summed E-state index contributed by atoms with van der Waals surface area (Å²) in [7, 11) is 0. The molecule has 1 atom stereocenters. The molecule has 1 aromatic rings. The summed E-state index contributed by atoms with van der Waals surface area (Å²) in [5, 5.41) is 14.4. The number of aromatic nitrogens is 1. The molecule has 1 aliphatic heterocycles. The Balaban J connectivity index is 2.47. The van der Waals surface area contributed by atoms with E-state index < -0.39 is 5.60 Å². The largest absolute Gasteiger partial charge is 0.382 e. The van der Waals surface area contributed by atoms with Gasteiger partial charge in [0.1, 0.15) is 5.60 Å². The zero-order valence-electron chi connectivity index (χ0n) is 7.92. The van der Waals surface area contributed by atoms with Crippen LogP contribution in [0.2, 0.25) is 0 Å². The molecule has 2 rings (SSSR count). The number of nitrogens with zero attached hydrogens (tertiary/aromatic N) is 1. The van der Waals surface area contributed by atoms with Crippen LogP contribution in [-0.4, -0.2) is 23.2 Å². The Hall–Kier alpha value is -0.450. The summed E-state index contributed by atoms with van der Waals surface area (Å²) >= 11 is 1.69. The molecule has 0 fully saturated rings. The molecule has 0 spiro atoms. The third kappa shape index (κ3) is 1.61. The van der Waals surface area contributed by atoms with Crippen LogP contribution in [0.3, 0.4) is 0 Å². The molecule has 3 nitrogen and oxygen atoms in total. The number of hydrogen-bond donors (Lipinski definition) is 2. The predicted molar refractivity (Wildman–Crippen MR) is 53.0 cm³/mol. The maximum absolute atomic E-state index is 10.1. The molecule has 0 bridgehead atoms. The van der Waals surface area contributed by atoms with Crippen LogP contribution in [0.1, 0.15) is 22.5 Å². The molecule has 13 heavy (non-hydrogen) atoms. The zero-order valence-corrected chi connectivity index (χ0v) is 8.74. The number of thiazole rings is 1. The summed E-state index contributed by atoms with van der Waals surface area (Å²) in [5.41, 5.74) is 0.0800. The molecule has 2 heterocycles. The monoisotopic (exact) mass is 198 g/mol. The number of aliphatic hydroxyl groups is 1. The standard InChI is InChI=1S/C9H14N2OS/c1-6-11-8-7(13-6)3-4-10-5-9(8,2)12/h10,12H,3-5H2,1-2H3. The van der Waals surface area contributed by atoms with E-state index in [4.69, 9.17) is 0 Å². The third-order valence-electron chi connectivity index (χ3n) is 2.31. The van der Waals surface area contributed by atoms with Crippen LogP contribution in [0, 0.1) is 6.92 Å². The molecule has 1 unspecified atom stereocenters. The van der Waals surface area contributed by atoms with E-state index in [0.29, 0.717) is 6.54 Å². The Morgan fingerprint density at radius 2 is 2.38 bits per heavy atom. The quantitative estimate of drug-likeness (QED) is 0.648. The van der Waals surface area contributed by atoms with Gasteiger partial charge >= 0.3 is 0 Å². The summed E-state index contributed by atoms with van der Waals surface area (Å²) < 4.78 is 0. The highest BCUT2D eigenvalue weighted by Crippen LogP contribution is 2.29. The molecular formula is C9H14N2OS. The van der Waals surface area contributed by atoms with E-state index >= 15 is 0 Å². The lowest BCUT2D eigenvalue weighted by Gasteiger charge is -2.19. The summed E-state index contributed by atoms with van der Waals surface area (Å²) in [6.07, 6.45) is 0.983. The lowest BCUT2D eigenvalue weighted by Crippen LogP contribution is -2.34. The van der Waals surface area contributed by atoms with Crippen molar-refractivity contribution < 1.29 is 5.11 Å². The van der Waals surface area contributed by atoms with Gasteiger partial charge in [0.15, 0.2) is 0 Å². The molecule has 4 heteroatoms. The van der Waals surface area contributed by atoms with Crippen LogP contribution in [0.4, 0.5) is 0 Å². The van der Waals surface area contributed by atoms with Crippen LogP contribution in [-0.2, 0) is 12.0 Å². The molecule has 2 N–H and O–H groups in total. The van der Waals surface area contributed by atoms with Gasteiger partial charge in [0, 0.05) is 18.0 Å². The van der Waals surface area contributed by atoms with E-state index in [1.54, 1.807) is 11.3 Å². The maximum Gasteiger partial charge on any atom is 0.117 e. The van der Waals surface area contributed by atoms with Crippen LogP contribution in [0.5, 0.6) is 0 Å². The number of nitrogens with one attached hydrogen (secondary N) is 1. The first-order valence-corrected chi connectivity index (χ1v) is 5.31. The lowest BCUT2D eigenvalue weighted by molar-refractivity contribution is 0.0554. The van der Waals surface area contributed by atoms with Gasteiger partial charge in [-0.25, -0.2) is 4.98 Å². The van der Waals surface area contributed by atoms with E-state index in [2.05, 4.69) is 10.3 Å². The fourth-order valence-electron chi connectivity index (χ4n) is 1.68. The van der Waals surface area contributed by atoms with Gasteiger partial charge in [-0.15, -0.1) is 11.3 Å². The number of hydrogen-bond acceptors (Lipinski definition) is 4. The molecule has 1 aliphatic rings. The number of fused-ring (bicyclic) bond motifs is 1. The van der Waals surface area contributed by atoms with Crippen molar-refractivity contribution in [1.82, 2.24) is 10.3 Å². The fourth-order valence-corrected chi connectivity index (χ4v) is 2.74. The van der Waals surface area contributed by atoms with Crippen molar-refractivity contribution in [3.05, 3.63) is 15.6 Å². The minimum Gasteiger partial charge on any atom is -0.382 e. The van der Waals surface area contributed by atoms with Gasteiger partial charge < -0.3 is 10.4 Å². The van der Waals surface area contributed by atoms with Crippen LogP contribution in [0.15, 0.2) is 0 Å². The van der Waals surface area contributed by atoms with E-state index in [1.165, 1.54) is 4.88 Å². The van der Waals surface area contributed by atoms with Gasteiger partial charge in [0.05, 0.1) is 10.7 Å². The fraction of sp³-hybridized carbons (Fsp3) is 0.667. The van der Waals surface area contributed by atoms with E-state index in [9.17, 15) is 5.11 Å². The highest BCUT2D eigenvalue weighted by molar-refractivity contribution is 7.11. The Morgan fingerprint density at radius 3 is 3.15 bits per heavy atom. The van der Waals surface area contributed by atoms with Gasteiger partial charge in [-0.1, -0.05) is 0 Å². The second-order valence-corrected chi connectivity index (χ2v) is 4.99. The SMILES string of the molecule is Cc1nc2c(s1)CCNCC2(C)O. The normalized spacial score (nSPS) is 28.2. The first-order valence-electron chi connectivity index (χ1n) is 4.49. The van der Waals surface area contributed by atoms with Crippen molar-refractivity contribution in [2.24, 2.45) is 0 Å². The highest BCUT2D eigenvalue weighted by Gasteiger charge is 2.30. The molecule has 0 radical (unpaired) electrons. The third-order valence-corrected chi connectivity index (χ3v) is 3.34. The number of β-amino-alcohol motifs (C(OH)–C–C–N with tert-alkyl or cyclic N) is 1. The van der Waals surface area contributed by atoms with Crippen LogP contribution in [0.25, 0.3) is 0 Å². The number of aryl methyl sites for hydroxylation is 1. The smallest absolute Gasteiger partial charge is 0.117 e. The summed E-state index contributed by atoms with van der Waals surface area (Å²) in [5.74, 6) is 0. The Labute approximate surface area is 81.8 Å². The van der Waals surface area contributed by atoms with Gasteiger partial charge in [0.25, 0.3) is 0 Å². The molecule has 0 saturated carbocycles. The average molecular weight is 198 g/mol. The van der Waals surface area contributed by atoms with Crippen molar-refractivity contribution in [1.29, 1.82) is 0 Å². The van der Waals surface area contributed by atoms with Crippen LogP contribution >= 0.6 is 11.3 Å². The molecule has 1 aromatic heterocycles. The van der Waals surface area contributed by atoms with E-state index in [1.807, 2.05) is 13.8 Å². The van der Waals surface area contributed by atoms with Gasteiger partial charge in [-0.05, 0) is 20.3 Å². The Bertz CT molecular complexity index is 319. The minimum atomic E-state index is -0.795. The second-order valence-electron chi connectivity index (χ2n) is 3.71. The van der Waals surface area contributed by atoms with Gasteiger partial charge in [-0.2, -0.15) is 0 Å². The summed E-state index contributed by atoms with van der Waals surface area (Å²) in [6.45, 7) is 5.35. The first kappa shape index (κ1) is 9.12.